The van der Waals surface area contributed by atoms with Gasteiger partial charge in [-0.1, -0.05) is 13.8 Å². The van der Waals surface area contributed by atoms with Gasteiger partial charge in [-0.25, -0.2) is 4.79 Å². The number of carbonyl (C=O) groups excluding carboxylic acids is 2. The second-order valence-corrected chi connectivity index (χ2v) is 4.89. The van der Waals surface area contributed by atoms with Gasteiger partial charge in [-0.15, -0.1) is 10.2 Å². The molecule has 1 unspecified atom stereocenters. The van der Waals surface area contributed by atoms with E-state index in [-0.39, 0.29) is 23.5 Å². The lowest BCUT2D eigenvalue weighted by Crippen LogP contribution is -2.36. The Morgan fingerprint density at radius 1 is 1.25 bits per heavy atom. The van der Waals surface area contributed by atoms with Crippen molar-refractivity contribution in [2.24, 2.45) is 5.92 Å². The monoisotopic (exact) mass is 280 g/mol. The molecule has 0 radical (unpaired) electrons. The molecule has 110 valence electrons. The molecule has 0 fully saturated rings. The molecule has 7 nitrogen and oxygen atoms in total. The summed E-state index contributed by atoms with van der Waals surface area (Å²) in [6.45, 7) is 3.79. The molecule has 1 rings (SSSR count). The van der Waals surface area contributed by atoms with Crippen LogP contribution in [0, 0.1) is 5.92 Å². The zero-order chi connectivity index (χ0) is 15.3. The van der Waals surface area contributed by atoms with Crippen LogP contribution in [0.15, 0.2) is 12.1 Å². The molecular weight excluding hydrogens is 260 g/mol. The van der Waals surface area contributed by atoms with Gasteiger partial charge in [0.05, 0.1) is 7.11 Å². The molecule has 0 bridgehead atoms. The topological polar surface area (TPSA) is 84.4 Å². The third-order valence-corrected chi connectivity index (χ3v) is 2.72. The molecular formula is C13H20N4O3. The van der Waals surface area contributed by atoms with Gasteiger partial charge in [0.1, 0.15) is 11.9 Å². The van der Waals surface area contributed by atoms with Crippen molar-refractivity contribution in [3.8, 4) is 0 Å². The number of nitrogens with zero attached hydrogens (tertiary/aromatic N) is 3. The smallest absolute Gasteiger partial charge is 0.328 e. The van der Waals surface area contributed by atoms with Gasteiger partial charge in [-0.3, -0.25) is 4.79 Å². The highest BCUT2D eigenvalue weighted by Crippen LogP contribution is 2.11. The van der Waals surface area contributed by atoms with Crippen molar-refractivity contribution in [3.05, 3.63) is 17.8 Å². The van der Waals surface area contributed by atoms with Crippen LogP contribution >= 0.6 is 0 Å². The molecule has 1 aromatic heterocycles. The van der Waals surface area contributed by atoms with Crippen LogP contribution in [0.3, 0.4) is 0 Å². The summed E-state index contributed by atoms with van der Waals surface area (Å²) in [4.78, 5) is 24.7. The largest absolute Gasteiger partial charge is 0.467 e. The number of esters is 1. The maximum Gasteiger partial charge on any atom is 0.328 e. The molecule has 1 N–H and O–H groups in total. The predicted molar refractivity (Wildman–Crippen MR) is 74.3 cm³/mol. The number of hydrogen-bond donors (Lipinski definition) is 1. The second kappa shape index (κ2) is 6.83. The first-order chi connectivity index (χ1) is 9.36. The van der Waals surface area contributed by atoms with E-state index in [1.165, 1.54) is 12.0 Å². The Kier molecular flexibility index (Phi) is 5.42. The van der Waals surface area contributed by atoms with E-state index >= 15 is 0 Å². The Bertz CT molecular complexity index is 471. The summed E-state index contributed by atoms with van der Waals surface area (Å²) in [6, 6.07) is 2.67. The molecule has 20 heavy (non-hydrogen) atoms. The zero-order valence-corrected chi connectivity index (χ0v) is 12.4. The first-order valence-corrected chi connectivity index (χ1v) is 6.26. The molecule has 0 saturated heterocycles. The minimum absolute atomic E-state index is 0.0346. The standard InChI is InChI=1S/C13H20N4O3/c1-8(2)11(13(19)20-5)14-10-7-6-9(15-16-10)12(18)17(3)4/h6-8,11H,1-5H3,(H,14,16). The van der Waals surface area contributed by atoms with Crippen molar-refractivity contribution < 1.29 is 14.3 Å². The van der Waals surface area contributed by atoms with Crippen molar-refractivity contribution in [2.75, 3.05) is 26.5 Å². The Labute approximate surface area is 118 Å². The van der Waals surface area contributed by atoms with Crippen LogP contribution in [-0.4, -0.2) is 54.2 Å². The molecule has 7 heteroatoms. The quantitative estimate of drug-likeness (QED) is 0.803. The van der Waals surface area contributed by atoms with Crippen LogP contribution in [-0.2, 0) is 9.53 Å². The third-order valence-electron chi connectivity index (χ3n) is 2.72. The van der Waals surface area contributed by atoms with Gasteiger partial charge in [-0.2, -0.15) is 0 Å². The Hall–Kier alpha value is -2.18. The van der Waals surface area contributed by atoms with Crippen LogP contribution in [0.5, 0.6) is 0 Å². The van der Waals surface area contributed by atoms with Crippen LogP contribution in [0.2, 0.25) is 0 Å². The Morgan fingerprint density at radius 2 is 1.90 bits per heavy atom. The van der Waals surface area contributed by atoms with Crippen molar-refractivity contribution in [1.82, 2.24) is 15.1 Å². The second-order valence-electron chi connectivity index (χ2n) is 4.89. The molecule has 0 saturated carbocycles. The molecule has 0 aliphatic rings. The van der Waals surface area contributed by atoms with E-state index < -0.39 is 6.04 Å². The van der Waals surface area contributed by atoms with Gasteiger partial charge < -0.3 is 15.0 Å². The molecule has 1 atom stereocenters. The number of hydrogen-bond acceptors (Lipinski definition) is 6. The summed E-state index contributed by atoms with van der Waals surface area (Å²) < 4.78 is 4.73. The fraction of sp³-hybridized carbons (Fsp3) is 0.538. The van der Waals surface area contributed by atoms with Crippen LogP contribution in [0.1, 0.15) is 24.3 Å². The van der Waals surface area contributed by atoms with Gasteiger partial charge in [0, 0.05) is 14.1 Å². The van der Waals surface area contributed by atoms with Crippen LogP contribution in [0.25, 0.3) is 0 Å². The summed E-state index contributed by atoms with van der Waals surface area (Å²) >= 11 is 0. The van der Waals surface area contributed by atoms with Crippen LogP contribution < -0.4 is 5.32 Å². The van der Waals surface area contributed by atoms with Crippen molar-refractivity contribution in [2.45, 2.75) is 19.9 Å². The minimum atomic E-state index is -0.510. The van der Waals surface area contributed by atoms with Gasteiger partial charge in [0.2, 0.25) is 0 Å². The molecule has 0 aliphatic heterocycles. The predicted octanol–water partition coefficient (Wildman–Crippen LogP) is 0.788. The maximum atomic E-state index is 11.7. The molecule has 1 aromatic rings. The van der Waals surface area contributed by atoms with Crippen LogP contribution in [0.4, 0.5) is 5.82 Å². The summed E-state index contributed by atoms with van der Waals surface area (Å²) in [6.07, 6.45) is 0. The molecule has 1 amide bonds. The minimum Gasteiger partial charge on any atom is -0.467 e. The van der Waals surface area contributed by atoms with E-state index in [1.807, 2.05) is 13.8 Å². The molecule has 0 spiro atoms. The highest BCUT2D eigenvalue weighted by Gasteiger charge is 2.23. The number of anilines is 1. The zero-order valence-electron chi connectivity index (χ0n) is 12.4. The van der Waals surface area contributed by atoms with E-state index in [0.29, 0.717) is 5.82 Å². The lowest BCUT2D eigenvalue weighted by atomic mass is 10.0. The summed E-state index contributed by atoms with van der Waals surface area (Å²) in [5.74, 6) is -0.135. The highest BCUT2D eigenvalue weighted by molar-refractivity contribution is 5.91. The number of rotatable bonds is 5. The normalized spacial score (nSPS) is 11.9. The van der Waals surface area contributed by atoms with Gasteiger partial charge in [0.25, 0.3) is 5.91 Å². The lowest BCUT2D eigenvalue weighted by Gasteiger charge is -2.20. The average Bonchev–Trinajstić information content (AvgIpc) is 2.43. The number of carbonyl (C=O) groups is 2. The number of amides is 1. The Morgan fingerprint density at radius 3 is 2.30 bits per heavy atom. The highest BCUT2D eigenvalue weighted by atomic mass is 16.5. The van der Waals surface area contributed by atoms with Crippen molar-refractivity contribution in [1.29, 1.82) is 0 Å². The van der Waals surface area contributed by atoms with Gasteiger partial charge in [-0.05, 0) is 18.1 Å². The third kappa shape index (κ3) is 3.91. The fourth-order valence-electron chi connectivity index (χ4n) is 1.54. The average molecular weight is 280 g/mol. The summed E-state index contributed by atoms with van der Waals surface area (Å²) in [5.41, 5.74) is 0.250. The van der Waals surface area contributed by atoms with E-state index in [1.54, 1.807) is 26.2 Å². The maximum absolute atomic E-state index is 11.7. The molecule has 0 aromatic carbocycles. The molecule has 1 heterocycles. The lowest BCUT2D eigenvalue weighted by molar-refractivity contribution is -0.142. The summed E-state index contributed by atoms with van der Waals surface area (Å²) in [7, 11) is 4.62. The van der Waals surface area contributed by atoms with Crippen molar-refractivity contribution in [3.63, 3.8) is 0 Å². The van der Waals surface area contributed by atoms with Gasteiger partial charge in [0.15, 0.2) is 5.69 Å². The Balaban J connectivity index is 2.83. The summed E-state index contributed by atoms with van der Waals surface area (Å²) in [5, 5.41) is 10.7. The van der Waals surface area contributed by atoms with E-state index in [9.17, 15) is 9.59 Å². The molecule has 0 aliphatic carbocycles. The van der Waals surface area contributed by atoms with E-state index in [2.05, 4.69) is 15.5 Å². The van der Waals surface area contributed by atoms with Gasteiger partial charge >= 0.3 is 5.97 Å². The first kappa shape index (κ1) is 15.9. The number of nitrogens with one attached hydrogen (secondary N) is 1. The first-order valence-electron chi connectivity index (χ1n) is 6.26. The number of aromatic nitrogens is 2. The number of methoxy groups -OCH3 is 1. The van der Waals surface area contributed by atoms with Crippen molar-refractivity contribution >= 4 is 17.7 Å². The van der Waals surface area contributed by atoms with E-state index in [0.717, 1.165) is 0 Å². The fourth-order valence-corrected chi connectivity index (χ4v) is 1.54. The number of ether oxygens (including phenoxy) is 1. The SMILES string of the molecule is COC(=O)C(Nc1ccc(C(=O)N(C)C)nn1)C(C)C. The van der Waals surface area contributed by atoms with E-state index in [4.69, 9.17) is 4.74 Å².